The van der Waals surface area contributed by atoms with Gasteiger partial charge in [-0.2, -0.15) is 17.6 Å². The lowest BCUT2D eigenvalue weighted by molar-refractivity contribution is 0.229. The van der Waals surface area contributed by atoms with Crippen molar-refractivity contribution >= 4 is 71.1 Å². The SMILES string of the molecule is CC(C)Oc1c(F)c(F)c2c(F)c(F)c(F)c(F)c2c1[B-](c1c(OC(C)C)c(F)c(F)c2c(F)c(F)c(F)c(F)c12)(c1c(OC(C)C)c(F)c(F)c2c(F)c(F)c(F)c(F)c12)c1c(OC(C)C)c(F)c(F)c2c(F)c(F)c(F)c(F)c12. The highest BCUT2D eigenvalue weighted by Gasteiger charge is 2.53. The van der Waals surface area contributed by atoms with Crippen LogP contribution in [0.3, 0.4) is 0 Å². The molecule has 0 aliphatic heterocycles. The lowest BCUT2D eigenvalue weighted by Gasteiger charge is -2.49. The quantitative estimate of drug-likeness (QED) is 0.0529. The first-order valence-corrected chi connectivity index (χ1v) is 23.1. The molecule has 0 fully saturated rings. The first kappa shape index (κ1) is 59.5. The first-order valence-electron chi connectivity index (χ1n) is 23.1. The first-order chi connectivity index (χ1) is 37.6. The minimum atomic E-state index is -7.20. The number of halogens is 24. The van der Waals surface area contributed by atoms with Crippen LogP contribution in [0.2, 0.25) is 0 Å². The summed E-state index contributed by atoms with van der Waals surface area (Å²) < 4.78 is 427. The summed E-state index contributed by atoms with van der Waals surface area (Å²) in [5.74, 6) is -87.9. The summed E-state index contributed by atoms with van der Waals surface area (Å²) in [7, 11) is 0. The molecule has 0 atom stereocenters. The van der Waals surface area contributed by atoms with Crippen LogP contribution in [0.15, 0.2) is 0 Å². The molecule has 0 aliphatic carbocycles. The fourth-order valence-corrected chi connectivity index (χ4v) is 10.0. The third-order valence-corrected chi connectivity index (χ3v) is 12.7. The van der Waals surface area contributed by atoms with E-state index in [4.69, 9.17) is 18.9 Å². The van der Waals surface area contributed by atoms with Crippen molar-refractivity contribution in [3.63, 3.8) is 0 Å². The van der Waals surface area contributed by atoms with E-state index in [2.05, 4.69) is 0 Å². The number of fused-ring (bicyclic) bond motifs is 4. The smallest absolute Gasteiger partial charge is 0.198 e. The molecule has 4 nitrogen and oxygen atoms in total. The summed E-state index contributed by atoms with van der Waals surface area (Å²) in [5.41, 5.74) is -11.4. The molecule has 0 spiro atoms. The Morgan fingerprint density at radius 1 is 0.185 bits per heavy atom. The van der Waals surface area contributed by atoms with Gasteiger partial charge >= 0.3 is 0 Å². The fourth-order valence-electron chi connectivity index (χ4n) is 10.0. The minimum Gasteiger partial charge on any atom is -0.491 e. The van der Waals surface area contributed by atoms with Crippen LogP contribution >= 0.6 is 0 Å². The van der Waals surface area contributed by atoms with Crippen LogP contribution in [0.25, 0.3) is 43.1 Å². The highest BCUT2D eigenvalue weighted by atomic mass is 19.2. The van der Waals surface area contributed by atoms with Crippen molar-refractivity contribution in [2.24, 2.45) is 0 Å². The molecule has 0 aliphatic rings. The van der Waals surface area contributed by atoms with Gasteiger partial charge < -0.3 is 18.9 Å². The number of hydrogen-bond acceptors (Lipinski definition) is 4. The van der Waals surface area contributed by atoms with Gasteiger partial charge in [-0.15, -0.1) is 21.9 Å². The standard InChI is InChI=1S/C52H28BF24O4/c1-9(2)78-49-21(13-17(33(62)45(49)74)29(58)41(70)37(66)25(13)54)53(22-14-18(30(59)42(71)38(67)26(14)55)34(63)46(75)50(22)79-10(3)4,23-15-19(31(60)43(72)39(68)27(15)56)35(64)47(76)51(23)80-11(5)6)24-16-20(32(61)44(73)40(69)28(16)57)36(65)48(77)52(24)81-12(7)8/h9-12H,1-8H3/q-1. The van der Waals surface area contributed by atoms with Gasteiger partial charge in [0.2, 0.25) is 0 Å². The molecule has 0 aromatic heterocycles. The second kappa shape index (κ2) is 20.4. The van der Waals surface area contributed by atoms with Gasteiger partial charge in [-0.3, -0.25) is 0 Å². The number of rotatable bonds is 12. The maximum atomic E-state index is 17.8. The van der Waals surface area contributed by atoms with Crippen molar-refractivity contribution in [3.05, 3.63) is 140 Å². The van der Waals surface area contributed by atoms with E-state index in [0.717, 1.165) is 0 Å². The summed E-state index contributed by atoms with van der Waals surface area (Å²) in [6, 6.07) is 0. The topological polar surface area (TPSA) is 36.9 Å². The van der Waals surface area contributed by atoms with E-state index in [-0.39, 0.29) is 0 Å². The predicted octanol–water partition coefficient (Wildman–Crippen LogP) is 14.2. The van der Waals surface area contributed by atoms with Crippen LogP contribution in [-0.2, 0) is 0 Å². The highest BCUT2D eigenvalue weighted by molar-refractivity contribution is 7.24. The molecule has 0 amide bonds. The van der Waals surface area contributed by atoms with Crippen molar-refractivity contribution < 1.29 is 124 Å². The number of hydrogen-bond donors (Lipinski definition) is 0. The molecule has 432 valence electrons. The Morgan fingerprint density at radius 3 is 0.444 bits per heavy atom. The number of benzene rings is 8. The Hall–Kier alpha value is -7.62. The summed E-state index contributed by atoms with van der Waals surface area (Å²) in [6.07, 6.45) is -15.6. The molecule has 0 unspecified atom stereocenters. The maximum Gasteiger partial charge on any atom is 0.198 e. The van der Waals surface area contributed by atoms with Gasteiger partial charge in [0.05, 0.1) is 46.0 Å². The van der Waals surface area contributed by atoms with E-state index in [0.29, 0.717) is 55.4 Å². The summed E-state index contributed by atoms with van der Waals surface area (Å²) >= 11 is 0. The van der Waals surface area contributed by atoms with E-state index in [1.165, 1.54) is 0 Å². The molecular weight excluding hydrogens is 1160 g/mol. The molecule has 0 saturated carbocycles. The van der Waals surface area contributed by atoms with E-state index in [9.17, 15) is 0 Å². The maximum absolute atomic E-state index is 17.8. The van der Waals surface area contributed by atoms with Gasteiger partial charge in [0, 0.05) is 0 Å². The van der Waals surface area contributed by atoms with Crippen molar-refractivity contribution in [1.82, 2.24) is 0 Å². The van der Waals surface area contributed by atoms with Crippen molar-refractivity contribution in [2.75, 3.05) is 0 Å². The van der Waals surface area contributed by atoms with Crippen LogP contribution in [0, 0.1) is 140 Å². The second-order valence-corrected chi connectivity index (χ2v) is 19.0. The molecule has 0 saturated heterocycles. The second-order valence-electron chi connectivity index (χ2n) is 19.0. The molecule has 81 heavy (non-hydrogen) atoms. The van der Waals surface area contributed by atoms with Crippen LogP contribution in [0.1, 0.15) is 55.4 Å². The van der Waals surface area contributed by atoms with Gasteiger partial charge in [0.1, 0.15) is 29.1 Å². The molecule has 29 heteroatoms. The fraction of sp³-hybridized carbons (Fsp3) is 0.231. The molecule has 8 aromatic carbocycles. The average molecular weight is 1180 g/mol. The van der Waals surface area contributed by atoms with Crippen LogP contribution in [0.4, 0.5) is 105 Å². The van der Waals surface area contributed by atoms with E-state index >= 15 is 105 Å². The molecule has 0 heterocycles. The molecule has 0 bridgehead atoms. The molecular formula is C52H28BF24O4-. The van der Waals surface area contributed by atoms with E-state index in [1.807, 2.05) is 0 Å². The van der Waals surface area contributed by atoms with E-state index in [1.54, 1.807) is 0 Å². The van der Waals surface area contributed by atoms with Crippen molar-refractivity contribution in [3.8, 4) is 23.0 Å². The van der Waals surface area contributed by atoms with Crippen LogP contribution < -0.4 is 40.8 Å². The Morgan fingerprint density at radius 2 is 0.309 bits per heavy atom. The Labute approximate surface area is 437 Å². The van der Waals surface area contributed by atoms with Crippen molar-refractivity contribution in [2.45, 2.75) is 79.8 Å². The zero-order chi connectivity index (χ0) is 60.7. The Balaban J connectivity index is 2.17. The Kier molecular flexibility index (Phi) is 15.0. The Bertz CT molecular complexity index is 3570. The molecule has 8 aromatic rings. The third kappa shape index (κ3) is 8.26. The zero-order valence-corrected chi connectivity index (χ0v) is 41.6. The molecule has 0 N–H and O–H groups in total. The van der Waals surface area contributed by atoms with Crippen LogP contribution in [0.5, 0.6) is 23.0 Å². The van der Waals surface area contributed by atoms with Gasteiger partial charge in [-0.25, -0.2) is 87.8 Å². The zero-order valence-electron chi connectivity index (χ0n) is 41.6. The summed E-state index contributed by atoms with van der Waals surface area (Å²) in [6.45, 7) is 5.53. The van der Waals surface area contributed by atoms with Gasteiger partial charge in [0.15, 0.2) is 140 Å². The largest absolute Gasteiger partial charge is 0.491 e. The molecule has 8 rings (SSSR count). The predicted molar refractivity (Wildman–Crippen MR) is 242 cm³/mol. The lowest BCUT2D eigenvalue weighted by Crippen LogP contribution is -2.77. The summed E-state index contributed by atoms with van der Waals surface area (Å²) in [4.78, 5) is 0. The van der Waals surface area contributed by atoms with Gasteiger partial charge in [-0.1, -0.05) is 0 Å². The van der Waals surface area contributed by atoms with Crippen molar-refractivity contribution in [1.29, 1.82) is 0 Å². The normalized spacial score (nSPS) is 12.4. The van der Waals surface area contributed by atoms with Crippen LogP contribution in [-0.4, -0.2) is 30.6 Å². The highest BCUT2D eigenvalue weighted by Crippen LogP contribution is 2.47. The third-order valence-electron chi connectivity index (χ3n) is 12.7. The van der Waals surface area contributed by atoms with Gasteiger partial charge in [0.25, 0.3) is 0 Å². The summed E-state index contributed by atoms with van der Waals surface area (Å²) in [5, 5.41) is -22.7. The average Bonchev–Trinajstić information content (AvgIpc) is 3.43. The lowest BCUT2D eigenvalue weighted by atomic mass is 9.11. The number of ether oxygens (including phenoxy) is 4. The van der Waals surface area contributed by atoms with E-state index < -0.39 is 258 Å². The minimum absolute atomic E-state index is 0.691. The van der Waals surface area contributed by atoms with Gasteiger partial charge in [-0.05, 0) is 76.9 Å². The monoisotopic (exact) mass is 1180 g/mol. The molecule has 0 radical (unpaired) electrons.